The molecule has 1 amide bonds. The normalized spacial score (nSPS) is 29.1. The number of carbonyl (C=O) groups is 1. The molecule has 4 nitrogen and oxygen atoms in total. The fraction of sp³-hybridized carbons (Fsp3) is 0.938. The van der Waals surface area contributed by atoms with E-state index in [0.717, 1.165) is 30.8 Å². The Morgan fingerprint density at radius 2 is 1.90 bits per heavy atom. The van der Waals surface area contributed by atoms with Gasteiger partial charge in [-0.3, -0.25) is 4.79 Å². The largest absolute Gasteiger partial charge is 0.351 e. The van der Waals surface area contributed by atoms with Crippen LogP contribution in [0.2, 0.25) is 0 Å². The summed E-state index contributed by atoms with van der Waals surface area (Å²) in [6.07, 6.45) is 4.00. The van der Waals surface area contributed by atoms with E-state index in [1.165, 1.54) is 32.4 Å². The third kappa shape index (κ3) is 5.80. The molecule has 2 aliphatic rings. The third-order valence-electron chi connectivity index (χ3n) is 4.30. The van der Waals surface area contributed by atoms with Crippen molar-refractivity contribution in [3.8, 4) is 0 Å². The van der Waals surface area contributed by atoms with Gasteiger partial charge in [-0.15, -0.1) is 0 Å². The summed E-state index contributed by atoms with van der Waals surface area (Å²) < 4.78 is 0. The van der Waals surface area contributed by atoms with Crippen LogP contribution in [0.4, 0.5) is 0 Å². The second-order valence-electron chi connectivity index (χ2n) is 7.21. The van der Waals surface area contributed by atoms with E-state index in [1.54, 1.807) is 0 Å². The summed E-state index contributed by atoms with van der Waals surface area (Å²) in [6, 6.07) is 0.239. The molecule has 2 fully saturated rings. The van der Waals surface area contributed by atoms with Gasteiger partial charge in [-0.25, -0.2) is 0 Å². The highest BCUT2D eigenvalue weighted by Gasteiger charge is 2.23. The quantitative estimate of drug-likeness (QED) is 0.743. The first kappa shape index (κ1) is 15.8. The van der Waals surface area contributed by atoms with E-state index in [2.05, 4.69) is 36.3 Å². The van der Waals surface area contributed by atoms with Crippen molar-refractivity contribution in [3.63, 3.8) is 0 Å². The lowest BCUT2D eigenvalue weighted by Gasteiger charge is -2.36. The molecule has 0 aromatic rings. The summed E-state index contributed by atoms with van der Waals surface area (Å²) in [4.78, 5) is 14.3. The van der Waals surface area contributed by atoms with Crippen LogP contribution in [-0.4, -0.2) is 49.6 Å². The van der Waals surface area contributed by atoms with Crippen molar-refractivity contribution in [1.29, 1.82) is 0 Å². The molecular formula is C16H31N3O. The summed E-state index contributed by atoms with van der Waals surface area (Å²) in [6.45, 7) is 11.6. The van der Waals surface area contributed by atoms with Gasteiger partial charge in [0.2, 0.25) is 5.91 Å². The number of likely N-dealkylation sites (tertiary alicyclic amines) is 1. The summed E-state index contributed by atoms with van der Waals surface area (Å²) in [5.74, 6) is 2.52. The maximum Gasteiger partial charge on any atom is 0.234 e. The van der Waals surface area contributed by atoms with Crippen LogP contribution in [0.15, 0.2) is 0 Å². The van der Waals surface area contributed by atoms with Crippen LogP contribution in [0.5, 0.6) is 0 Å². The molecule has 1 saturated heterocycles. The summed E-state index contributed by atoms with van der Waals surface area (Å²) >= 11 is 0. The van der Waals surface area contributed by atoms with Gasteiger partial charge in [0, 0.05) is 25.7 Å². The molecule has 4 heteroatoms. The van der Waals surface area contributed by atoms with Crippen molar-refractivity contribution in [2.45, 2.75) is 46.1 Å². The second-order valence-corrected chi connectivity index (χ2v) is 7.21. The van der Waals surface area contributed by atoms with Crippen molar-refractivity contribution < 1.29 is 4.79 Å². The SMILES string of the molecule is CC1CC(C)CN(CC(C)NC(=O)CNCC2CC2)C1. The standard InChI is InChI=1S/C16H31N3O/c1-12-6-13(2)10-19(9-12)11-14(3)18-16(20)8-17-7-15-4-5-15/h12-15,17H,4-11H2,1-3H3,(H,18,20). The molecule has 2 N–H and O–H groups in total. The lowest BCUT2D eigenvalue weighted by Crippen LogP contribution is -2.48. The first-order valence-corrected chi connectivity index (χ1v) is 8.25. The maximum absolute atomic E-state index is 11.8. The minimum Gasteiger partial charge on any atom is -0.351 e. The van der Waals surface area contributed by atoms with E-state index in [0.29, 0.717) is 6.54 Å². The van der Waals surface area contributed by atoms with Crippen LogP contribution in [0.25, 0.3) is 0 Å². The number of hydrogen-bond donors (Lipinski definition) is 2. The lowest BCUT2D eigenvalue weighted by atomic mass is 9.92. The Labute approximate surface area is 123 Å². The highest BCUT2D eigenvalue weighted by molar-refractivity contribution is 5.78. The number of rotatable bonds is 7. The van der Waals surface area contributed by atoms with Gasteiger partial charge < -0.3 is 15.5 Å². The molecule has 2 rings (SSSR count). The van der Waals surface area contributed by atoms with Crippen molar-refractivity contribution >= 4 is 5.91 Å². The number of nitrogens with one attached hydrogen (secondary N) is 2. The molecule has 0 aromatic heterocycles. The Balaban J connectivity index is 1.60. The van der Waals surface area contributed by atoms with Crippen LogP contribution in [0, 0.1) is 17.8 Å². The van der Waals surface area contributed by atoms with E-state index in [9.17, 15) is 4.79 Å². The number of amides is 1. The molecule has 20 heavy (non-hydrogen) atoms. The molecule has 1 aliphatic heterocycles. The van der Waals surface area contributed by atoms with Crippen LogP contribution in [-0.2, 0) is 4.79 Å². The Bertz CT molecular complexity index is 307. The van der Waals surface area contributed by atoms with Gasteiger partial charge in [-0.2, -0.15) is 0 Å². The predicted molar refractivity (Wildman–Crippen MR) is 82.6 cm³/mol. The van der Waals surface area contributed by atoms with Crippen molar-refractivity contribution in [2.24, 2.45) is 17.8 Å². The van der Waals surface area contributed by atoms with E-state index in [-0.39, 0.29) is 11.9 Å². The fourth-order valence-electron chi connectivity index (χ4n) is 3.41. The minimum absolute atomic E-state index is 0.135. The Morgan fingerprint density at radius 3 is 2.50 bits per heavy atom. The van der Waals surface area contributed by atoms with Gasteiger partial charge in [0.15, 0.2) is 0 Å². The average Bonchev–Trinajstić information content (AvgIpc) is 3.10. The predicted octanol–water partition coefficient (Wildman–Crippen LogP) is 1.47. The highest BCUT2D eigenvalue weighted by Crippen LogP contribution is 2.27. The monoisotopic (exact) mass is 281 g/mol. The average molecular weight is 281 g/mol. The van der Waals surface area contributed by atoms with Crippen LogP contribution in [0.3, 0.4) is 0 Å². The van der Waals surface area contributed by atoms with Crippen molar-refractivity contribution in [2.75, 3.05) is 32.7 Å². The van der Waals surface area contributed by atoms with Gasteiger partial charge in [0.1, 0.15) is 0 Å². The van der Waals surface area contributed by atoms with E-state index in [1.807, 2.05) is 0 Å². The Kier molecular flexibility index (Phi) is 5.85. The Hall–Kier alpha value is -0.610. The van der Waals surface area contributed by atoms with E-state index < -0.39 is 0 Å². The van der Waals surface area contributed by atoms with Crippen LogP contribution in [0.1, 0.15) is 40.0 Å². The Morgan fingerprint density at radius 1 is 1.25 bits per heavy atom. The lowest BCUT2D eigenvalue weighted by molar-refractivity contribution is -0.121. The molecule has 3 atom stereocenters. The topological polar surface area (TPSA) is 44.4 Å². The van der Waals surface area contributed by atoms with Crippen LogP contribution < -0.4 is 10.6 Å². The molecule has 0 spiro atoms. The first-order valence-electron chi connectivity index (χ1n) is 8.25. The maximum atomic E-state index is 11.8. The molecule has 1 heterocycles. The molecule has 116 valence electrons. The number of piperidine rings is 1. The molecule has 3 unspecified atom stereocenters. The zero-order valence-electron chi connectivity index (χ0n) is 13.3. The second kappa shape index (κ2) is 7.41. The first-order chi connectivity index (χ1) is 9.52. The number of carbonyl (C=O) groups excluding carboxylic acids is 1. The van der Waals surface area contributed by atoms with E-state index >= 15 is 0 Å². The fourth-order valence-corrected chi connectivity index (χ4v) is 3.41. The van der Waals surface area contributed by atoms with Gasteiger partial charge >= 0.3 is 0 Å². The summed E-state index contributed by atoms with van der Waals surface area (Å²) in [7, 11) is 0. The zero-order chi connectivity index (χ0) is 14.5. The number of nitrogens with zero attached hydrogens (tertiary/aromatic N) is 1. The van der Waals surface area contributed by atoms with Crippen molar-refractivity contribution in [1.82, 2.24) is 15.5 Å². The minimum atomic E-state index is 0.135. The number of hydrogen-bond acceptors (Lipinski definition) is 3. The summed E-state index contributed by atoms with van der Waals surface area (Å²) in [5, 5.41) is 6.35. The van der Waals surface area contributed by atoms with Gasteiger partial charge in [-0.1, -0.05) is 13.8 Å². The zero-order valence-corrected chi connectivity index (χ0v) is 13.3. The van der Waals surface area contributed by atoms with Crippen molar-refractivity contribution in [3.05, 3.63) is 0 Å². The molecule has 0 bridgehead atoms. The van der Waals surface area contributed by atoms with Gasteiger partial charge in [0.05, 0.1) is 6.54 Å². The van der Waals surface area contributed by atoms with E-state index in [4.69, 9.17) is 0 Å². The van der Waals surface area contributed by atoms with Crippen LogP contribution >= 0.6 is 0 Å². The third-order valence-corrected chi connectivity index (χ3v) is 4.30. The molecular weight excluding hydrogens is 250 g/mol. The van der Waals surface area contributed by atoms with Gasteiger partial charge in [0.25, 0.3) is 0 Å². The molecule has 0 radical (unpaired) electrons. The van der Waals surface area contributed by atoms with Gasteiger partial charge in [-0.05, 0) is 50.5 Å². The molecule has 0 aromatic carbocycles. The summed E-state index contributed by atoms with van der Waals surface area (Å²) in [5.41, 5.74) is 0. The smallest absolute Gasteiger partial charge is 0.234 e. The molecule has 1 aliphatic carbocycles. The molecule has 1 saturated carbocycles. The highest BCUT2D eigenvalue weighted by atomic mass is 16.1.